The summed E-state index contributed by atoms with van der Waals surface area (Å²) in [7, 11) is 0. The first-order valence-corrected chi connectivity index (χ1v) is 27.5. The van der Waals surface area contributed by atoms with Crippen LogP contribution in [0.5, 0.6) is 0 Å². The van der Waals surface area contributed by atoms with Gasteiger partial charge in [0.15, 0.2) is 17.3 Å². The van der Waals surface area contributed by atoms with Crippen molar-refractivity contribution < 1.29 is 58.2 Å². The van der Waals surface area contributed by atoms with E-state index in [4.69, 9.17) is 22.9 Å². The number of carbonyl (C=O) groups excluding carboxylic acids is 10. The minimum absolute atomic E-state index is 0.0348. The molecule has 17 N–H and O–H groups in total. The van der Waals surface area contributed by atoms with Crippen LogP contribution in [0.15, 0.2) is 30.3 Å². The summed E-state index contributed by atoms with van der Waals surface area (Å²) in [4.78, 5) is 140. The zero-order chi connectivity index (χ0) is 57.2. The van der Waals surface area contributed by atoms with E-state index < -0.39 is 138 Å². The van der Waals surface area contributed by atoms with E-state index in [2.05, 4.69) is 37.2 Å². The Kier molecular flexibility index (Phi) is 29.3. The van der Waals surface area contributed by atoms with E-state index in [0.29, 0.717) is 12.0 Å². The molecular formula is C54H89N11O12. The Balaban J connectivity index is 2.08. The first-order valence-electron chi connectivity index (χ1n) is 27.5. The number of aliphatic hydroxyl groups excluding tert-OH is 2. The summed E-state index contributed by atoms with van der Waals surface area (Å²) in [5.41, 5.74) is 24.3. The third kappa shape index (κ3) is 22.7. The second kappa shape index (κ2) is 34.3. The second-order valence-electron chi connectivity index (χ2n) is 21.2. The summed E-state index contributed by atoms with van der Waals surface area (Å²) in [6.07, 6.45) is -2.26. The van der Waals surface area contributed by atoms with Crippen molar-refractivity contribution in [1.82, 2.24) is 37.2 Å². The van der Waals surface area contributed by atoms with Crippen LogP contribution in [0.2, 0.25) is 0 Å². The van der Waals surface area contributed by atoms with Crippen molar-refractivity contribution in [3.8, 4) is 0 Å². The molecule has 23 nitrogen and oxygen atoms in total. The molecule has 0 spiro atoms. The molecule has 2 aliphatic heterocycles. The minimum atomic E-state index is -1.40. The van der Waals surface area contributed by atoms with Crippen molar-refractivity contribution >= 4 is 58.6 Å². The molecule has 0 aromatic heterocycles. The third-order valence-corrected chi connectivity index (χ3v) is 14.3. The summed E-state index contributed by atoms with van der Waals surface area (Å²) in [6.45, 7) is 6.56. The van der Waals surface area contributed by atoms with Crippen LogP contribution in [0.4, 0.5) is 0 Å². The van der Waals surface area contributed by atoms with Gasteiger partial charge in [-0.1, -0.05) is 44.2 Å². The molecule has 2 unspecified atom stereocenters. The number of benzene rings is 1. The molecule has 23 heteroatoms. The highest BCUT2D eigenvalue weighted by Gasteiger charge is 2.37. The lowest BCUT2D eigenvalue weighted by Crippen LogP contribution is -2.57. The quantitative estimate of drug-likeness (QED) is 0.0544. The molecule has 432 valence electrons. The fraction of sp³-hybridized carbons (Fsp3) is 0.704. The molecule has 0 saturated carbocycles. The van der Waals surface area contributed by atoms with Crippen molar-refractivity contribution in [3.05, 3.63) is 35.9 Å². The Labute approximate surface area is 452 Å². The zero-order valence-electron chi connectivity index (χ0n) is 45.5. The summed E-state index contributed by atoms with van der Waals surface area (Å²) >= 11 is 0. The highest BCUT2D eigenvalue weighted by molar-refractivity contribution is 5.98. The maximum absolute atomic E-state index is 14.5. The standard InChI is InChI=1S/C54H89N11O12/c1-31(2)25-45-54(77)64-44(17-22-58)53(76)63-43(16-21-57)48(71)30-40(33(4)67)51(74)60-24-18-35(49(72)61-41(14-19-55)47(70)28-36(50(73)65-45)26-34-9-6-5-7-10-34)27-46(69)42(15-20-56)62-52(75)39(32(3)66)29-38(68)13-12-37-11-8-23-59-37/h5-7,9-10,31-33,35-37,39-45,59,66-67H,8,11-30,55-58H2,1-4H3,(H,60,74)(H,61,72)(H,62,75)(H,63,76)(H,64,77)(H,65,73)/t32?,33?,35-,36+,37+,39+,40+,41+,42+,43+,44+,45+/m1/s1. The molecular weight excluding hydrogens is 995 g/mol. The van der Waals surface area contributed by atoms with Gasteiger partial charge in [-0.2, -0.15) is 0 Å². The van der Waals surface area contributed by atoms with Crippen LogP contribution >= 0.6 is 0 Å². The highest BCUT2D eigenvalue weighted by atomic mass is 16.3. The largest absolute Gasteiger partial charge is 0.393 e. The van der Waals surface area contributed by atoms with E-state index >= 15 is 0 Å². The van der Waals surface area contributed by atoms with E-state index in [1.165, 1.54) is 13.8 Å². The average Bonchev–Trinajstić information content (AvgIpc) is 3.91. The third-order valence-electron chi connectivity index (χ3n) is 14.3. The lowest BCUT2D eigenvalue weighted by molar-refractivity contribution is -0.137. The lowest BCUT2D eigenvalue weighted by Gasteiger charge is -2.28. The van der Waals surface area contributed by atoms with Gasteiger partial charge >= 0.3 is 0 Å². The number of hydrogen-bond donors (Lipinski definition) is 13. The normalized spacial score (nSPS) is 25.6. The molecule has 77 heavy (non-hydrogen) atoms. The SMILES string of the molecule is CC(C)C[C@@H]1NC(=O)[C@@H](Cc2ccccc2)CC(=O)[C@H](CCN)NC(=O)[C@@H](CC(=O)[C@H](CCN)NC(=O)[C@@H](CC(=O)CC[C@@H]2CCCN2)C(C)O)CCNC(=O)[C@H](C(C)O)CC(=O)[C@H](CCN)NC(=O)[C@H](CCN)NC1=O. The van der Waals surface area contributed by atoms with Crippen molar-refractivity contribution in [2.24, 2.45) is 52.5 Å². The van der Waals surface area contributed by atoms with E-state index in [0.717, 1.165) is 19.4 Å². The predicted octanol–water partition coefficient (Wildman–Crippen LogP) is -1.79. The van der Waals surface area contributed by atoms with Crippen LogP contribution in [0.1, 0.15) is 123 Å². The van der Waals surface area contributed by atoms with E-state index in [9.17, 15) is 58.2 Å². The second-order valence-corrected chi connectivity index (χ2v) is 21.2. The number of nitrogens with two attached hydrogens (primary N) is 4. The van der Waals surface area contributed by atoms with Gasteiger partial charge < -0.3 is 70.4 Å². The first kappa shape index (κ1) is 65.7. The molecule has 1 aromatic rings. The topological polar surface area (TPSA) is 399 Å². The fourth-order valence-electron chi connectivity index (χ4n) is 9.74. The smallest absolute Gasteiger partial charge is 0.243 e. The minimum Gasteiger partial charge on any atom is -0.393 e. The number of ketones is 4. The summed E-state index contributed by atoms with van der Waals surface area (Å²) in [6, 6.07) is 2.68. The van der Waals surface area contributed by atoms with Crippen LogP contribution in [0.3, 0.4) is 0 Å². The van der Waals surface area contributed by atoms with Crippen LogP contribution in [0.25, 0.3) is 0 Å². The van der Waals surface area contributed by atoms with Crippen molar-refractivity contribution in [2.45, 2.75) is 172 Å². The van der Waals surface area contributed by atoms with Crippen molar-refractivity contribution in [2.75, 3.05) is 39.3 Å². The monoisotopic (exact) mass is 1080 g/mol. The van der Waals surface area contributed by atoms with Crippen LogP contribution in [0, 0.1) is 29.6 Å². The Morgan fingerprint density at radius 2 is 1.23 bits per heavy atom. The summed E-state index contributed by atoms with van der Waals surface area (Å²) < 4.78 is 0. The Morgan fingerprint density at radius 3 is 1.81 bits per heavy atom. The molecule has 1 aromatic carbocycles. The Bertz CT molecular complexity index is 2110. The lowest BCUT2D eigenvalue weighted by atomic mass is 9.89. The molecule has 6 amide bonds. The van der Waals surface area contributed by atoms with Gasteiger partial charge in [-0.05, 0) is 122 Å². The molecule has 2 aliphatic rings. The van der Waals surface area contributed by atoms with Gasteiger partial charge in [-0.3, -0.25) is 47.9 Å². The van der Waals surface area contributed by atoms with Gasteiger partial charge in [0.1, 0.15) is 17.9 Å². The number of hydrogen-bond acceptors (Lipinski definition) is 17. The maximum Gasteiger partial charge on any atom is 0.243 e. The Hall–Kier alpha value is -5.56. The van der Waals surface area contributed by atoms with Crippen molar-refractivity contribution in [3.63, 3.8) is 0 Å². The number of Topliss-reactive ketones (excluding diaryl/α,β-unsaturated/α-hetero) is 4. The van der Waals surface area contributed by atoms with Crippen LogP contribution < -0.4 is 60.2 Å². The molecule has 2 fully saturated rings. The van der Waals surface area contributed by atoms with Gasteiger partial charge in [0.2, 0.25) is 35.4 Å². The van der Waals surface area contributed by atoms with Gasteiger partial charge in [0.05, 0.1) is 42.2 Å². The van der Waals surface area contributed by atoms with Gasteiger partial charge in [0.25, 0.3) is 0 Å². The first-order chi connectivity index (χ1) is 36.6. The summed E-state index contributed by atoms with van der Waals surface area (Å²) in [5.74, 6) is -11.9. The molecule has 12 atom stereocenters. The highest BCUT2D eigenvalue weighted by Crippen LogP contribution is 2.22. The average molecular weight is 1080 g/mol. The number of rotatable bonds is 24. The van der Waals surface area contributed by atoms with Gasteiger partial charge in [-0.25, -0.2) is 0 Å². The number of aliphatic hydroxyl groups is 2. The van der Waals surface area contributed by atoms with Gasteiger partial charge in [-0.15, -0.1) is 0 Å². The van der Waals surface area contributed by atoms with E-state index in [1.54, 1.807) is 30.3 Å². The molecule has 2 heterocycles. The van der Waals surface area contributed by atoms with Crippen molar-refractivity contribution in [1.29, 1.82) is 0 Å². The fourth-order valence-corrected chi connectivity index (χ4v) is 9.74. The van der Waals surface area contributed by atoms with Crippen LogP contribution in [-0.2, 0) is 54.4 Å². The summed E-state index contributed by atoms with van der Waals surface area (Å²) in [5, 5.41) is 40.9. The van der Waals surface area contributed by atoms with E-state index in [1.807, 2.05) is 13.8 Å². The maximum atomic E-state index is 14.5. The molecule has 0 radical (unpaired) electrons. The molecule has 2 saturated heterocycles. The van der Waals surface area contributed by atoms with Gasteiger partial charge in [0, 0.05) is 56.5 Å². The number of amides is 6. The zero-order valence-corrected chi connectivity index (χ0v) is 45.5. The number of nitrogens with one attached hydrogen (secondary N) is 7. The Morgan fingerprint density at radius 1 is 0.662 bits per heavy atom. The molecule has 3 rings (SSSR count). The van der Waals surface area contributed by atoms with E-state index in [-0.39, 0.29) is 108 Å². The number of carbonyl (C=O) groups is 10. The molecule has 0 bridgehead atoms. The molecule has 0 aliphatic carbocycles. The van der Waals surface area contributed by atoms with Crippen LogP contribution in [-0.4, -0.2) is 157 Å². The predicted molar refractivity (Wildman–Crippen MR) is 288 cm³/mol.